The van der Waals surface area contributed by atoms with Gasteiger partial charge in [0.2, 0.25) is 0 Å². The van der Waals surface area contributed by atoms with E-state index in [9.17, 15) is 68.3 Å². The summed E-state index contributed by atoms with van der Waals surface area (Å²) in [6, 6.07) is 21.4. The number of hydrogen-bond acceptors (Lipinski definition) is 27. The van der Waals surface area contributed by atoms with Crippen molar-refractivity contribution in [2.24, 2.45) is 17.2 Å². The van der Waals surface area contributed by atoms with Gasteiger partial charge in [-0.25, -0.2) is 82.0 Å². The lowest BCUT2D eigenvalue weighted by Gasteiger charge is -2.39. The van der Waals surface area contributed by atoms with Crippen LogP contribution in [0.3, 0.4) is 0 Å². The van der Waals surface area contributed by atoms with E-state index >= 15 is 8.78 Å². The minimum atomic E-state index is -3.28. The molecule has 0 aliphatic heterocycles. The van der Waals surface area contributed by atoms with Crippen molar-refractivity contribution in [1.29, 1.82) is 15.8 Å². The summed E-state index contributed by atoms with van der Waals surface area (Å²) >= 11 is 16.4. The summed E-state index contributed by atoms with van der Waals surface area (Å²) in [6.45, 7) is 15.0. The number of nitrogen functional groups attached to an aromatic ring is 1. The second-order valence-electron chi connectivity index (χ2n) is 34.4. The molecule has 14 rings (SSSR count). The summed E-state index contributed by atoms with van der Waals surface area (Å²) in [5.74, 6) is -18.0. The lowest BCUT2D eigenvalue weighted by atomic mass is 9.87. The Morgan fingerprint density at radius 2 is 0.810 bits per heavy atom. The van der Waals surface area contributed by atoms with Crippen molar-refractivity contribution in [3.8, 4) is 35.3 Å². The van der Waals surface area contributed by atoms with E-state index in [2.05, 4.69) is 88.1 Å². The molecule has 4 aliphatic rings. The van der Waals surface area contributed by atoms with Gasteiger partial charge in [-0.3, -0.25) is 4.79 Å². The first-order valence-corrected chi connectivity index (χ1v) is 43.3. The maximum atomic E-state index is 15.0. The van der Waals surface area contributed by atoms with Crippen LogP contribution in [0.25, 0.3) is 17.1 Å². The summed E-state index contributed by atoms with van der Waals surface area (Å²) in [5, 5.41) is 70.8. The number of nitrogens with two attached hydrogens (primary N) is 4. The second-order valence-corrected chi connectivity index (χ2v) is 35.5. The van der Waals surface area contributed by atoms with Crippen LogP contribution in [0.5, 0.6) is 0 Å². The Labute approximate surface area is 793 Å². The van der Waals surface area contributed by atoms with Gasteiger partial charge < -0.3 is 79.7 Å². The number of nitriles is 3. The number of amides is 4. The quantitative estimate of drug-likeness (QED) is 0.0174. The average Bonchev–Trinajstić information content (AvgIpc) is 1.43. The molecule has 4 aliphatic carbocycles. The molecule has 4 saturated carbocycles. The normalized spacial score (nSPS) is 19.4. The molecular formula is C88H98Cl3F12N27O7. The smallest absolute Gasteiger partial charge is 0.407 e. The summed E-state index contributed by atoms with van der Waals surface area (Å²) < 4.78 is 186. The molecule has 49 heteroatoms. The number of primary amides is 1. The topological polar surface area (TPSA) is 498 Å². The van der Waals surface area contributed by atoms with Crippen LogP contribution in [-0.2, 0) is 14.2 Å². The number of alkyl carbamates (subject to hydrolysis) is 3. The molecule has 137 heavy (non-hydrogen) atoms. The number of alkyl halides is 8. The fourth-order valence-corrected chi connectivity index (χ4v) is 14.6. The third-order valence-corrected chi connectivity index (χ3v) is 21.1. The van der Waals surface area contributed by atoms with Gasteiger partial charge in [0.25, 0.3) is 29.6 Å². The van der Waals surface area contributed by atoms with Crippen LogP contribution >= 0.6 is 34.8 Å². The molecule has 732 valence electrons. The number of pyridine rings is 3. The Hall–Kier alpha value is -13.8. The van der Waals surface area contributed by atoms with Crippen LogP contribution in [0.4, 0.5) is 113 Å². The first-order chi connectivity index (χ1) is 64.2. The van der Waals surface area contributed by atoms with Crippen molar-refractivity contribution in [3.05, 3.63) is 201 Å². The number of aromatic nitrogens is 12. The molecule has 0 spiro atoms. The second kappa shape index (κ2) is 46.2. The van der Waals surface area contributed by atoms with Crippen LogP contribution in [0.15, 0.2) is 140 Å². The number of nitrogens with zero attached hydrogens (tertiary/aromatic N) is 15. The third kappa shape index (κ3) is 31.1. The first kappa shape index (κ1) is 107. The van der Waals surface area contributed by atoms with Gasteiger partial charge in [0.1, 0.15) is 69.3 Å². The lowest BCUT2D eigenvalue weighted by Crippen LogP contribution is -2.59. The number of rotatable bonds is 17. The molecule has 4 aromatic carbocycles. The van der Waals surface area contributed by atoms with E-state index < -0.39 is 161 Å². The van der Waals surface area contributed by atoms with Crippen LogP contribution in [0.2, 0.25) is 15.5 Å². The lowest BCUT2D eigenvalue weighted by molar-refractivity contribution is -0.0631. The van der Waals surface area contributed by atoms with Gasteiger partial charge >= 0.3 is 18.3 Å². The van der Waals surface area contributed by atoms with Gasteiger partial charge in [-0.1, -0.05) is 53.0 Å². The van der Waals surface area contributed by atoms with Crippen LogP contribution in [0.1, 0.15) is 166 Å². The summed E-state index contributed by atoms with van der Waals surface area (Å²) in [7, 11) is 0. The van der Waals surface area contributed by atoms with Crippen molar-refractivity contribution in [2.45, 2.75) is 228 Å². The van der Waals surface area contributed by atoms with Crippen molar-refractivity contribution in [2.75, 3.05) is 32.3 Å². The molecule has 0 radical (unpaired) electrons. The maximum Gasteiger partial charge on any atom is 0.407 e. The SMILES string of the molecule is CC(C)(C)OC(=O)N[C@H]1CCCC(F)(F)[C@H]1N.CC(C)(C)OC(=O)N[C@H]1CCCC(F)(F)[C@H]1Nc1nc(Cl)c(C#N)cc1F.CC(C)(C)OC(=O)N[C@H]1CCCC(F)(F)[C@H]1Nc1nc(Nc2cccc(-n3nccn3)c2)c(C#N)cc1F.N#Cc1cc(F)c(Cl)nc1Cl.NC(=O)c1cc(F)c(N[C@H]2[C@@H](N)CCCC2(F)F)cc1Nc1cccc(-n2nccn2)c1.Nc1cccc(-n2nccn2)c1. The molecule has 0 saturated heterocycles. The van der Waals surface area contributed by atoms with E-state index in [1.807, 2.05) is 30.3 Å². The van der Waals surface area contributed by atoms with Crippen LogP contribution in [0, 0.1) is 57.3 Å². The van der Waals surface area contributed by atoms with E-state index in [0.29, 0.717) is 54.1 Å². The van der Waals surface area contributed by atoms with E-state index in [0.717, 1.165) is 30.0 Å². The van der Waals surface area contributed by atoms with E-state index in [1.165, 1.54) is 45.2 Å². The fraction of sp³-hybridized carbons (Fsp3) is 0.409. The Morgan fingerprint density at radius 3 is 1.24 bits per heavy atom. The molecule has 0 unspecified atom stereocenters. The number of carbonyl (C=O) groups is 4. The molecule has 6 heterocycles. The van der Waals surface area contributed by atoms with Gasteiger partial charge in [-0.15, -0.1) is 0 Å². The first-order valence-electron chi connectivity index (χ1n) is 42.2. The van der Waals surface area contributed by atoms with Gasteiger partial charge in [-0.2, -0.15) is 60.8 Å². The Bertz CT molecular complexity index is 5940. The van der Waals surface area contributed by atoms with Crippen molar-refractivity contribution in [3.63, 3.8) is 0 Å². The summed E-state index contributed by atoms with van der Waals surface area (Å²) in [4.78, 5) is 63.1. The van der Waals surface area contributed by atoms with Crippen LogP contribution < -0.4 is 65.5 Å². The molecule has 8 atom stereocenters. The average molecular weight is 1980 g/mol. The monoisotopic (exact) mass is 1980 g/mol. The van der Waals surface area contributed by atoms with E-state index in [1.54, 1.807) is 135 Å². The highest BCUT2D eigenvalue weighted by atomic mass is 35.5. The number of nitrogens with one attached hydrogen (secondary N) is 8. The molecule has 10 aromatic rings. The van der Waals surface area contributed by atoms with Gasteiger partial charge in [0.05, 0.1) is 112 Å². The summed E-state index contributed by atoms with van der Waals surface area (Å²) in [6.07, 6.45) is 7.80. The summed E-state index contributed by atoms with van der Waals surface area (Å²) in [5.41, 5.74) is 23.4. The van der Waals surface area contributed by atoms with Gasteiger partial charge in [0.15, 0.2) is 40.1 Å². The molecule has 4 amide bonds. The zero-order valence-electron chi connectivity index (χ0n) is 74.9. The maximum absolute atomic E-state index is 15.0. The Balaban J connectivity index is 0.000000194. The van der Waals surface area contributed by atoms with Gasteiger partial charge in [0, 0.05) is 48.8 Å². The number of hydrogen-bond donors (Lipinski definition) is 12. The Kier molecular flexibility index (Phi) is 36.1. The minimum absolute atomic E-state index is 0.0198. The minimum Gasteiger partial charge on any atom is -0.444 e. The Morgan fingerprint density at radius 1 is 0.431 bits per heavy atom. The van der Waals surface area contributed by atoms with Crippen molar-refractivity contribution in [1.82, 2.24) is 75.9 Å². The molecule has 6 aromatic heterocycles. The van der Waals surface area contributed by atoms with Crippen LogP contribution in [-0.4, -0.2) is 173 Å². The van der Waals surface area contributed by atoms with E-state index in [4.69, 9.17) is 82.5 Å². The highest BCUT2D eigenvalue weighted by molar-refractivity contribution is 6.33. The highest BCUT2D eigenvalue weighted by Gasteiger charge is 2.51. The largest absolute Gasteiger partial charge is 0.444 e. The third-order valence-electron chi connectivity index (χ3n) is 20.2. The zero-order valence-corrected chi connectivity index (χ0v) is 77.2. The van der Waals surface area contributed by atoms with E-state index in [-0.39, 0.29) is 93.4 Å². The standard InChI is InChI=1S/C25H27F3N8O2.C21H22F3N7O.C17H20ClF3N4O2.C11H20F2N2O2.C8H8N4.C6HCl2FN2/c1-24(2,3)38-23(37)33-19-8-5-9-25(27,28)20(19)34-22-18(26)12-15(14-29)21(35-22)32-16-6-4-7-17(13-16)36-30-10-11-31-36;22-15-10-14(20(26)32)17(11-18(15)30-19-16(25)5-2-6-21(19,23)24)29-12-3-1-4-13(9-12)31-27-7-8-28-31;1-16(2,3)27-15(26)23-11-5-4-6-17(20,21)12(11)24-14-10(19)7-9(8-22)13(18)25-14;1-10(2,3)17-9(16)15-7-5-4-6-11(12,13)8(7)14;9-7-2-1-3-8(6-7)12-10-4-5-11-12;7-5-3(2-10)1-4(9)6(8)11-5/h4,6-7,10-13,19-20H,5,8-9H2,1-3H3,(H,33,37)(H2,32,34,35);1,3-4,7-11,16,19,29-30H,2,5-6,25H2,(H2,26,32);7,11-12H,4-6H2,1-3H3,(H,23,26)(H,24,25);7-8H,4-6,14H2,1-3H3,(H,15,16);1-6H,9H2;1H/t19-,20-;16-,19-;11-,12-;7-,8-;;/m0000../s1. The predicted octanol–water partition coefficient (Wildman–Crippen LogP) is 17.6. The molecule has 34 nitrogen and oxygen atoms in total. The van der Waals surface area contributed by atoms with Crippen molar-refractivity contribution < 1.29 is 86.1 Å². The number of carbonyl (C=O) groups excluding carboxylic acids is 4. The van der Waals surface area contributed by atoms with Gasteiger partial charge in [-0.05, 0) is 199 Å². The number of benzene rings is 4. The molecule has 0 bridgehead atoms. The molecule has 16 N–H and O–H groups in total. The fourth-order valence-electron chi connectivity index (χ4n) is 14.0. The number of halogens is 15. The zero-order chi connectivity index (χ0) is 101. The van der Waals surface area contributed by atoms with Crippen molar-refractivity contribution >= 4 is 105 Å². The molecule has 4 fully saturated rings. The molecular weight excluding hydrogens is 1880 g/mol. The number of ether oxygens (including phenoxy) is 3. The predicted molar refractivity (Wildman–Crippen MR) is 485 cm³/mol. The highest BCUT2D eigenvalue weighted by Crippen LogP contribution is 2.42. The number of anilines is 8.